The predicted octanol–water partition coefficient (Wildman–Crippen LogP) is -1.47. The third kappa shape index (κ3) is 4.18. The minimum absolute atomic E-state index is 0.0653. The lowest BCUT2D eigenvalue weighted by atomic mass is 10.0. The van der Waals surface area contributed by atoms with Crippen molar-refractivity contribution in [2.75, 3.05) is 52.6 Å². The van der Waals surface area contributed by atoms with Gasteiger partial charge in [0.05, 0.1) is 18.4 Å². The van der Waals surface area contributed by atoms with Crippen LogP contribution < -0.4 is 5.32 Å². The molecule has 1 atom stereocenters. The van der Waals surface area contributed by atoms with Gasteiger partial charge in [0.15, 0.2) is 0 Å². The Hall–Kier alpha value is -0.210. The fraction of sp³-hybridized carbons (Fsp3) is 1.00. The first kappa shape index (κ1) is 14.8. The Morgan fingerprint density at radius 3 is 2.18 bits per heavy atom. The van der Waals surface area contributed by atoms with Crippen LogP contribution in [0.2, 0.25) is 0 Å². The highest BCUT2D eigenvalue weighted by molar-refractivity contribution is 7.88. The topological polar surface area (TPSA) is 72.9 Å². The zero-order valence-electron chi connectivity index (χ0n) is 10.8. The van der Waals surface area contributed by atoms with Gasteiger partial charge in [0.1, 0.15) is 0 Å². The number of nitrogens with zero attached hydrogens (tertiary/aromatic N) is 2. The van der Waals surface area contributed by atoms with Gasteiger partial charge >= 0.3 is 0 Å². The van der Waals surface area contributed by atoms with Gasteiger partial charge in [-0.2, -0.15) is 4.31 Å². The molecule has 1 aliphatic heterocycles. The largest absolute Gasteiger partial charge is 0.394 e. The molecule has 0 spiro atoms. The molecule has 0 aromatic rings. The van der Waals surface area contributed by atoms with Gasteiger partial charge in [-0.3, -0.25) is 4.90 Å². The van der Waals surface area contributed by atoms with Crippen molar-refractivity contribution in [3.63, 3.8) is 0 Å². The van der Waals surface area contributed by atoms with E-state index in [2.05, 4.69) is 10.2 Å². The quantitative estimate of drug-likeness (QED) is 0.635. The molecule has 1 unspecified atom stereocenters. The summed E-state index contributed by atoms with van der Waals surface area (Å²) < 4.78 is 24.2. The van der Waals surface area contributed by atoms with Gasteiger partial charge in [-0.1, -0.05) is 0 Å². The van der Waals surface area contributed by atoms with Crippen LogP contribution in [0.5, 0.6) is 0 Å². The maximum atomic E-state index is 11.3. The number of hydrogen-bond acceptors (Lipinski definition) is 5. The first-order chi connectivity index (χ1) is 7.80. The van der Waals surface area contributed by atoms with Gasteiger partial charge in [0, 0.05) is 32.7 Å². The molecule has 0 aromatic heterocycles. The van der Waals surface area contributed by atoms with E-state index in [0.29, 0.717) is 26.2 Å². The molecular weight excluding hydrogens is 242 g/mol. The Morgan fingerprint density at radius 2 is 1.82 bits per heavy atom. The summed E-state index contributed by atoms with van der Waals surface area (Å²) in [6.45, 7) is 5.23. The smallest absolute Gasteiger partial charge is 0.211 e. The SMILES string of the molecule is CNC(C)(CO)CN1CCN(S(C)(=O)=O)CC1. The van der Waals surface area contributed by atoms with Crippen LogP contribution in [0.3, 0.4) is 0 Å². The zero-order valence-corrected chi connectivity index (χ0v) is 11.6. The molecule has 0 radical (unpaired) electrons. The van der Waals surface area contributed by atoms with Gasteiger partial charge in [-0.15, -0.1) is 0 Å². The van der Waals surface area contributed by atoms with E-state index in [0.717, 1.165) is 6.54 Å². The number of likely N-dealkylation sites (N-methyl/N-ethyl adjacent to an activating group) is 1. The van der Waals surface area contributed by atoms with Crippen LogP contribution >= 0.6 is 0 Å². The number of rotatable bonds is 5. The van der Waals surface area contributed by atoms with E-state index < -0.39 is 10.0 Å². The summed E-state index contributed by atoms with van der Waals surface area (Å²) in [5.41, 5.74) is -0.326. The fourth-order valence-electron chi connectivity index (χ4n) is 1.92. The number of aliphatic hydroxyl groups excluding tert-OH is 1. The molecule has 2 N–H and O–H groups in total. The Balaban J connectivity index is 2.48. The highest BCUT2D eigenvalue weighted by Crippen LogP contribution is 2.10. The molecule has 0 saturated carbocycles. The predicted molar refractivity (Wildman–Crippen MR) is 67.4 cm³/mol. The Labute approximate surface area is 104 Å². The summed E-state index contributed by atoms with van der Waals surface area (Å²) >= 11 is 0. The molecule has 6 nitrogen and oxygen atoms in total. The fourth-order valence-corrected chi connectivity index (χ4v) is 2.75. The van der Waals surface area contributed by atoms with Crippen molar-refractivity contribution >= 4 is 10.0 Å². The maximum Gasteiger partial charge on any atom is 0.211 e. The van der Waals surface area contributed by atoms with Crippen molar-refractivity contribution in [3.05, 3.63) is 0 Å². The molecule has 0 amide bonds. The highest BCUT2D eigenvalue weighted by atomic mass is 32.2. The summed E-state index contributed by atoms with van der Waals surface area (Å²) in [5, 5.41) is 12.4. The summed E-state index contributed by atoms with van der Waals surface area (Å²) in [7, 11) is -1.24. The Bertz CT molecular complexity index is 333. The zero-order chi connectivity index (χ0) is 13.1. The number of hydrogen-bond donors (Lipinski definition) is 2. The van der Waals surface area contributed by atoms with Crippen LogP contribution in [0.15, 0.2) is 0 Å². The molecule has 0 aliphatic carbocycles. The lowest BCUT2D eigenvalue weighted by molar-refractivity contribution is 0.104. The first-order valence-electron chi connectivity index (χ1n) is 5.78. The molecule has 17 heavy (non-hydrogen) atoms. The molecule has 1 saturated heterocycles. The molecule has 1 fully saturated rings. The maximum absolute atomic E-state index is 11.3. The number of nitrogens with one attached hydrogen (secondary N) is 1. The molecule has 0 aromatic carbocycles. The van der Waals surface area contributed by atoms with E-state index in [1.807, 2.05) is 14.0 Å². The minimum atomic E-state index is -3.06. The van der Waals surface area contributed by atoms with Gasteiger partial charge < -0.3 is 10.4 Å². The molecular formula is C10H23N3O3S. The molecule has 1 aliphatic rings. The highest BCUT2D eigenvalue weighted by Gasteiger charge is 2.28. The first-order valence-corrected chi connectivity index (χ1v) is 7.63. The average Bonchev–Trinajstić information content (AvgIpc) is 2.28. The summed E-state index contributed by atoms with van der Waals surface area (Å²) in [5.74, 6) is 0. The number of aliphatic hydroxyl groups is 1. The minimum Gasteiger partial charge on any atom is -0.394 e. The summed E-state index contributed by atoms with van der Waals surface area (Å²) in [6.07, 6.45) is 1.24. The molecule has 7 heteroatoms. The van der Waals surface area contributed by atoms with E-state index in [1.54, 1.807) is 0 Å². The monoisotopic (exact) mass is 265 g/mol. The van der Waals surface area contributed by atoms with Crippen LogP contribution in [-0.2, 0) is 10.0 Å². The summed E-state index contributed by atoms with van der Waals surface area (Å²) in [6, 6.07) is 0. The van der Waals surface area contributed by atoms with Crippen LogP contribution in [0, 0.1) is 0 Å². The normalized spacial score (nSPS) is 23.5. The molecule has 102 valence electrons. The van der Waals surface area contributed by atoms with Crippen molar-refractivity contribution in [1.29, 1.82) is 0 Å². The van der Waals surface area contributed by atoms with Crippen LogP contribution in [0.25, 0.3) is 0 Å². The average molecular weight is 265 g/mol. The summed E-state index contributed by atoms with van der Waals surface area (Å²) in [4.78, 5) is 2.17. The van der Waals surface area contributed by atoms with E-state index in [4.69, 9.17) is 0 Å². The van der Waals surface area contributed by atoms with Crippen LogP contribution in [0.4, 0.5) is 0 Å². The third-order valence-corrected chi connectivity index (χ3v) is 4.63. The molecule has 1 rings (SSSR count). The van der Waals surface area contributed by atoms with Crippen LogP contribution in [0.1, 0.15) is 6.92 Å². The molecule has 1 heterocycles. The van der Waals surface area contributed by atoms with Crippen molar-refractivity contribution in [1.82, 2.24) is 14.5 Å². The van der Waals surface area contributed by atoms with Crippen molar-refractivity contribution in [2.24, 2.45) is 0 Å². The molecule has 0 bridgehead atoms. The lowest BCUT2D eigenvalue weighted by Crippen LogP contribution is -2.57. The van der Waals surface area contributed by atoms with Crippen LogP contribution in [-0.4, -0.2) is 80.9 Å². The van der Waals surface area contributed by atoms with Gasteiger partial charge in [-0.25, -0.2) is 8.42 Å². The number of piperazine rings is 1. The Morgan fingerprint density at radius 1 is 1.29 bits per heavy atom. The van der Waals surface area contributed by atoms with Gasteiger partial charge in [0.2, 0.25) is 10.0 Å². The van der Waals surface area contributed by atoms with E-state index in [1.165, 1.54) is 10.6 Å². The standard InChI is InChI=1S/C10H23N3O3S/c1-10(9-14,11-2)8-12-4-6-13(7-5-12)17(3,15)16/h11,14H,4-9H2,1-3H3. The second kappa shape index (κ2) is 5.62. The van der Waals surface area contributed by atoms with Crippen molar-refractivity contribution in [2.45, 2.75) is 12.5 Å². The van der Waals surface area contributed by atoms with E-state index in [-0.39, 0.29) is 12.1 Å². The van der Waals surface area contributed by atoms with Crippen molar-refractivity contribution in [3.8, 4) is 0 Å². The second-order valence-corrected chi connectivity index (χ2v) is 6.89. The van der Waals surface area contributed by atoms with E-state index in [9.17, 15) is 13.5 Å². The Kier molecular flexibility index (Phi) is 4.91. The van der Waals surface area contributed by atoms with Gasteiger partial charge in [-0.05, 0) is 14.0 Å². The van der Waals surface area contributed by atoms with Gasteiger partial charge in [0.25, 0.3) is 0 Å². The van der Waals surface area contributed by atoms with E-state index >= 15 is 0 Å². The number of sulfonamides is 1. The lowest BCUT2D eigenvalue weighted by Gasteiger charge is -2.38. The third-order valence-electron chi connectivity index (χ3n) is 3.33. The van der Waals surface area contributed by atoms with Crippen molar-refractivity contribution < 1.29 is 13.5 Å². The second-order valence-electron chi connectivity index (χ2n) is 4.91.